The molecule has 7 heteroatoms. The molecule has 1 aromatic rings. The molecule has 5 nitrogen and oxygen atoms in total. The van der Waals surface area contributed by atoms with E-state index in [2.05, 4.69) is 4.90 Å². The zero-order valence-electron chi connectivity index (χ0n) is 11.9. The zero-order chi connectivity index (χ0) is 15.1. The van der Waals surface area contributed by atoms with Gasteiger partial charge in [0.2, 0.25) is 10.0 Å². The monoisotopic (exact) mass is 317 g/mol. The summed E-state index contributed by atoms with van der Waals surface area (Å²) in [7, 11) is -1.60. The highest BCUT2D eigenvalue weighted by Crippen LogP contribution is 2.28. The Balaban J connectivity index is 2.38. The molecule has 1 saturated heterocycles. The number of sulfonamides is 1. The van der Waals surface area contributed by atoms with Crippen LogP contribution >= 0.6 is 11.6 Å². The van der Waals surface area contributed by atoms with Gasteiger partial charge in [0.05, 0.1) is 5.69 Å². The minimum absolute atomic E-state index is 0.0916. The largest absolute Gasteiger partial charge is 0.398 e. The highest BCUT2D eigenvalue weighted by molar-refractivity contribution is 7.89. The molecule has 0 saturated carbocycles. The van der Waals surface area contributed by atoms with Gasteiger partial charge >= 0.3 is 0 Å². The molecule has 0 amide bonds. The number of nitrogens with two attached hydrogens (primary N) is 1. The van der Waals surface area contributed by atoms with Gasteiger partial charge in [-0.2, -0.15) is 4.31 Å². The van der Waals surface area contributed by atoms with E-state index in [9.17, 15) is 8.42 Å². The summed E-state index contributed by atoms with van der Waals surface area (Å²) in [4.78, 5) is 2.27. The summed E-state index contributed by atoms with van der Waals surface area (Å²) in [6.07, 6.45) is 0. The number of nitrogens with zero attached hydrogens (tertiary/aromatic N) is 2. The molecule has 0 radical (unpaired) electrons. The molecule has 0 spiro atoms. The van der Waals surface area contributed by atoms with Crippen LogP contribution in [0.3, 0.4) is 0 Å². The second kappa shape index (κ2) is 5.52. The van der Waals surface area contributed by atoms with Crippen LogP contribution in [0.2, 0.25) is 5.02 Å². The Hall–Kier alpha value is -0.820. The molecule has 1 aromatic carbocycles. The van der Waals surface area contributed by atoms with Gasteiger partial charge in [0.25, 0.3) is 0 Å². The molecule has 20 heavy (non-hydrogen) atoms. The van der Waals surface area contributed by atoms with Crippen LogP contribution in [0.4, 0.5) is 5.69 Å². The van der Waals surface area contributed by atoms with Crippen LogP contribution in [-0.4, -0.2) is 49.8 Å². The highest BCUT2D eigenvalue weighted by Gasteiger charge is 2.35. The Morgan fingerprint density at radius 3 is 2.35 bits per heavy atom. The summed E-state index contributed by atoms with van der Waals surface area (Å²) in [5, 5.41) is 0.369. The van der Waals surface area contributed by atoms with Gasteiger partial charge in [0.15, 0.2) is 0 Å². The van der Waals surface area contributed by atoms with E-state index in [1.807, 2.05) is 20.9 Å². The second-order valence-corrected chi connectivity index (χ2v) is 7.71. The number of piperazine rings is 1. The van der Waals surface area contributed by atoms with Crippen molar-refractivity contribution >= 4 is 27.3 Å². The fourth-order valence-electron chi connectivity index (χ4n) is 2.42. The number of nitrogen functional groups attached to an aromatic ring is 1. The third-order valence-electron chi connectivity index (χ3n) is 3.92. The van der Waals surface area contributed by atoms with Gasteiger partial charge in [0, 0.05) is 30.2 Å². The Kier molecular flexibility index (Phi) is 4.30. The molecule has 1 heterocycles. The van der Waals surface area contributed by atoms with Crippen molar-refractivity contribution in [2.75, 3.05) is 25.9 Å². The van der Waals surface area contributed by atoms with Crippen LogP contribution in [0.5, 0.6) is 0 Å². The maximum absolute atomic E-state index is 12.7. The van der Waals surface area contributed by atoms with E-state index in [4.69, 9.17) is 17.3 Å². The van der Waals surface area contributed by atoms with Crippen molar-refractivity contribution in [3.8, 4) is 0 Å². The normalized spacial score (nSPS) is 25.8. The van der Waals surface area contributed by atoms with E-state index in [-0.39, 0.29) is 22.7 Å². The number of hydrogen-bond donors (Lipinski definition) is 1. The fourth-order valence-corrected chi connectivity index (χ4v) is 4.40. The summed E-state index contributed by atoms with van der Waals surface area (Å²) < 4.78 is 26.9. The molecule has 1 aliphatic heterocycles. The lowest BCUT2D eigenvalue weighted by molar-refractivity contribution is 0.105. The fraction of sp³-hybridized carbons (Fsp3) is 0.538. The second-order valence-electron chi connectivity index (χ2n) is 5.37. The van der Waals surface area contributed by atoms with Crippen molar-refractivity contribution in [1.29, 1.82) is 0 Å². The summed E-state index contributed by atoms with van der Waals surface area (Å²) in [6.45, 7) is 4.93. The molecular formula is C13H20ClN3O2S. The smallest absolute Gasteiger partial charge is 0.245 e. The number of anilines is 1. The van der Waals surface area contributed by atoms with Crippen LogP contribution in [0.1, 0.15) is 13.8 Å². The minimum Gasteiger partial charge on any atom is -0.398 e. The molecule has 0 bridgehead atoms. The third-order valence-corrected chi connectivity index (χ3v) is 6.04. The average Bonchev–Trinajstić information content (AvgIpc) is 2.38. The van der Waals surface area contributed by atoms with Gasteiger partial charge < -0.3 is 5.73 Å². The predicted octanol–water partition coefficient (Wildman–Crippen LogP) is 1.64. The zero-order valence-corrected chi connectivity index (χ0v) is 13.4. The molecule has 0 aromatic heterocycles. The van der Waals surface area contributed by atoms with E-state index < -0.39 is 10.0 Å². The van der Waals surface area contributed by atoms with E-state index in [0.717, 1.165) is 0 Å². The Labute approximate surface area is 125 Å². The van der Waals surface area contributed by atoms with Crippen molar-refractivity contribution in [1.82, 2.24) is 9.21 Å². The highest BCUT2D eigenvalue weighted by atomic mass is 35.5. The molecule has 2 unspecified atom stereocenters. The van der Waals surface area contributed by atoms with Gasteiger partial charge in [-0.05, 0) is 39.1 Å². The molecule has 112 valence electrons. The van der Waals surface area contributed by atoms with E-state index in [1.165, 1.54) is 16.4 Å². The third kappa shape index (κ3) is 2.79. The molecule has 1 fully saturated rings. The van der Waals surface area contributed by atoms with Gasteiger partial charge in [-0.15, -0.1) is 0 Å². The standard InChI is InChI=1S/C13H20ClN3O2S/c1-9-7-17(8-10(2)16(9)3)20(18,19)13-6-11(14)4-5-12(13)15/h4-6,9-10H,7-8,15H2,1-3H3. The van der Waals surface area contributed by atoms with Crippen molar-refractivity contribution in [2.45, 2.75) is 30.8 Å². The van der Waals surface area contributed by atoms with Gasteiger partial charge in [-0.3, -0.25) is 4.90 Å². The first-order valence-corrected chi connectivity index (χ1v) is 8.32. The molecule has 2 N–H and O–H groups in total. The van der Waals surface area contributed by atoms with Crippen LogP contribution in [-0.2, 0) is 10.0 Å². The van der Waals surface area contributed by atoms with Gasteiger partial charge in [0.1, 0.15) is 4.90 Å². The lowest BCUT2D eigenvalue weighted by Crippen LogP contribution is -2.56. The molecule has 0 aliphatic carbocycles. The van der Waals surface area contributed by atoms with Crippen LogP contribution in [0.15, 0.2) is 23.1 Å². The predicted molar refractivity (Wildman–Crippen MR) is 81.3 cm³/mol. The van der Waals surface area contributed by atoms with E-state index in [0.29, 0.717) is 18.1 Å². The van der Waals surface area contributed by atoms with Gasteiger partial charge in [-0.25, -0.2) is 8.42 Å². The first-order chi connectivity index (χ1) is 9.23. The molecule has 2 rings (SSSR count). The van der Waals surface area contributed by atoms with Crippen LogP contribution in [0, 0.1) is 0 Å². The van der Waals surface area contributed by atoms with Crippen molar-refractivity contribution in [3.05, 3.63) is 23.2 Å². The van der Waals surface area contributed by atoms with Crippen LogP contribution < -0.4 is 5.73 Å². The van der Waals surface area contributed by atoms with Gasteiger partial charge in [-0.1, -0.05) is 11.6 Å². The Morgan fingerprint density at radius 1 is 1.25 bits per heavy atom. The lowest BCUT2D eigenvalue weighted by Gasteiger charge is -2.41. The SMILES string of the molecule is CC1CN(S(=O)(=O)c2cc(Cl)ccc2N)CC(C)N1C. The maximum atomic E-state index is 12.7. The van der Waals surface area contributed by atoms with Crippen molar-refractivity contribution < 1.29 is 8.42 Å². The van der Waals surface area contributed by atoms with Crippen molar-refractivity contribution in [3.63, 3.8) is 0 Å². The number of benzene rings is 1. The first-order valence-electron chi connectivity index (χ1n) is 6.50. The van der Waals surface area contributed by atoms with E-state index >= 15 is 0 Å². The number of rotatable bonds is 2. The summed E-state index contributed by atoms with van der Waals surface area (Å²) >= 11 is 5.90. The molecule has 1 aliphatic rings. The number of likely N-dealkylation sites (N-methyl/N-ethyl adjacent to an activating group) is 1. The van der Waals surface area contributed by atoms with E-state index in [1.54, 1.807) is 6.07 Å². The minimum atomic E-state index is -3.61. The quantitative estimate of drug-likeness (QED) is 0.842. The average molecular weight is 318 g/mol. The number of hydrogen-bond acceptors (Lipinski definition) is 4. The Morgan fingerprint density at radius 2 is 1.80 bits per heavy atom. The summed E-state index contributed by atoms with van der Waals surface area (Å²) in [5.41, 5.74) is 6.03. The topological polar surface area (TPSA) is 66.6 Å². The summed E-state index contributed by atoms with van der Waals surface area (Å²) in [6, 6.07) is 4.85. The van der Waals surface area contributed by atoms with Crippen LogP contribution in [0.25, 0.3) is 0 Å². The first kappa shape index (κ1) is 15.6. The number of halogens is 1. The lowest BCUT2D eigenvalue weighted by atomic mass is 10.1. The summed E-state index contributed by atoms with van der Waals surface area (Å²) in [5.74, 6) is 0. The Bertz CT molecular complexity index is 594. The molecular weight excluding hydrogens is 298 g/mol. The molecule has 2 atom stereocenters. The van der Waals surface area contributed by atoms with Crippen molar-refractivity contribution in [2.24, 2.45) is 0 Å². The maximum Gasteiger partial charge on any atom is 0.245 e.